The maximum absolute atomic E-state index is 11.6. The molecule has 1 saturated heterocycles. The van der Waals surface area contributed by atoms with Gasteiger partial charge in [0.1, 0.15) is 0 Å². The zero-order valence-corrected chi connectivity index (χ0v) is 9.27. The van der Waals surface area contributed by atoms with Crippen LogP contribution in [0.15, 0.2) is 0 Å². The lowest BCUT2D eigenvalue weighted by Gasteiger charge is -2.33. The molecule has 0 unspecified atom stereocenters. The quantitative estimate of drug-likeness (QED) is 0.497. The van der Waals surface area contributed by atoms with E-state index in [4.69, 9.17) is 16.3 Å². The van der Waals surface area contributed by atoms with Crippen molar-refractivity contribution in [1.29, 1.82) is 0 Å². The summed E-state index contributed by atoms with van der Waals surface area (Å²) in [5.41, 5.74) is -2.14. The molecule has 0 amide bonds. The molecule has 0 aromatic rings. The van der Waals surface area contributed by atoms with Crippen LogP contribution in [-0.2, 0) is 14.3 Å². The first-order valence-electron chi connectivity index (χ1n) is 4.71. The third-order valence-electron chi connectivity index (χ3n) is 4.40. The van der Waals surface area contributed by atoms with Gasteiger partial charge in [0.25, 0.3) is 5.24 Å². The maximum Gasteiger partial charge on any atom is 0.313 e. The minimum atomic E-state index is -1.08. The monoisotopic (exact) mass is 216 g/mol. The number of carbonyl (C=O) groups is 2. The van der Waals surface area contributed by atoms with E-state index in [0.29, 0.717) is 12.8 Å². The SMILES string of the molecule is CC1(C)[C@@]2(C)CC[C@]1(C(=O)Cl)OC2=O. The molecule has 1 aliphatic heterocycles. The molecule has 2 fully saturated rings. The highest BCUT2D eigenvalue weighted by Crippen LogP contribution is 2.66. The molecule has 0 radical (unpaired) electrons. The molecule has 1 aliphatic carbocycles. The summed E-state index contributed by atoms with van der Waals surface area (Å²) in [5, 5.41) is -0.544. The lowest BCUT2D eigenvalue weighted by atomic mass is 9.67. The van der Waals surface area contributed by atoms with Gasteiger partial charge in [0.2, 0.25) is 0 Å². The zero-order chi connectivity index (χ0) is 10.8. The predicted molar refractivity (Wildman–Crippen MR) is 50.8 cm³/mol. The average Bonchev–Trinajstić information content (AvgIpc) is 2.34. The lowest BCUT2D eigenvalue weighted by molar-refractivity contribution is -0.164. The Morgan fingerprint density at radius 3 is 2.14 bits per heavy atom. The van der Waals surface area contributed by atoms with Crippen LogP contribution in [0.25, 0.3) is 0 Å². The van der Waals surface area contributed by atoms with E-state index in [0.717, 1.165) is 0 Å². The fraction of sp³-hybridized carbons (Fsp3) is 0.800. The first kappa shape index (κ1) is 9.97. The van der Waals surface area contributed by atoms with Crippen LogP contribution >= 0.6 is 11.6 Å². The van der Waals surface area contributed by atoms with Crippen LogP contribution in [0.1, 0.15) is 33.6 Å². The molecule has 2 rings (SSSR count). The first-order chi connectivity index (χ1) is 6.28. The second-order valence-electron chi connectivity index (χ2n) is 4.95. The molecule has 0 aromatic carbocycles. The number of halogens is 1. The standard InChI is InChI=1S/C10H13ClO3/c1-8(2)9(3)4-5-10(8,6(11)12)14-7(9)13/h4-5H2,1-3H3/t9-,10+/m0/s1. The molecule has 0 N–H and O–H groups in total. The van der Waals surface area contributed by atoms with Crippen molar-refractivity contribution >= 4 is 22.8 Å². The highest BCUT2D eigenvalue weighted by molar-refractivity contribution is 6.65. The molecule has 4 heteroatoms. The summed E-state index contributed by atoms with van der Waals surface area (Å²) in [5.74, 6) is -0.289. The average molecular weight is 217 g/mol. The summed E-state index contributed by atoms with van der Waals surface area (Å²) < 4.78 is 5.21. The van der Waals surface area contributed by atoms with Gasteiger partial charge in [-0.05, 0) is 31.4 Å². The van der Waals surface area contributed by atoms with Gasteiger partial charge >= 0.3 is 5.97 Å². The predicted octanol–water partition coefficient (Wildman–Crippen LogP) is 1.87. The zero-order valence-electron chi connectivity index (χ0n) is 8.52. The Kier molecular flexibility index (Phi) is 1.65. The molecule has 2 aliphatic rings. The van der Waals surface area contributed by atoms with E-state index in [2.05, 4.69) is 0 Å². The Bertz CT molecular complexity index is 336. The van der Waals surface area contributed by atoms with Crippen molar-refractivity contribution in [2.45, 2.75) is 39.2 Å². The molecule has 78 valence electrons. The second-order valence-corrected chi connectivity index (χ2v) is 5.29. The summed E-state index contributed by atoms with van der Waals surface area (Å²) >= 11 is 5.56. The number of hydrogen-bond acceptors (Lipinski definition) is 3. The molecular weight excluding hydrogens is 204 g/mol. The van der Waals surface area contributed by atoms with Crippen LogP contribution in [0.3, 0.4) is 0 Å². The number of fused-ring (bicyclic) bond motifs is 2. The Morgan fingerprint density at radius 2 is 1.93 bits per heavy atom. The van der Waals surface area contributed by atoms with E-state index in [1.54, 1.807) is 0 Å². The number of esters is 1. The normalized spacial score (nSPS) is 43.9. The third-order valence-corrected chi connectivity index (χ3v) is 4.71. The molecule has 1 heterocycles. The van der Waals surface area contributed by atoms with Crippen LogP contribution in [0.4, 0.5) is 0 Å². The fourth-order valence-electron chi connectivity index (χ4n) is 2.69. The summed E-state index contributed by atoms with van der Waals surface area (Å²) in [4.78, 5) is 23.1. The van der Waals surface area contributed by atoms with Crippen molar-refractivity contribution < 1.29 is 14.3 Å². The second kappa shape index (κ2) is 2.32. The highest BCUT2D eigenvalue weighted by Gasteiger charge is 2.75. The molecule has 3 nitrogen and oxygen atoms in total. The summed E-state index contributed by atoms with van der Waals surface area (Å²) in [7, 11) is 0. The van der Waals surface area contributed by atoms with Crippen molar-refractivity contribution in [3.63, 3.8) is 0 Å². The van der Waals surface area contributed by atoms with E-state index >= 15 is 0 Å². The minimum absolute atomic E-state index is 0.289. The van der Waals surface area contributed by atoms with E-state index in [1.807, 2.05) is 20.8 Å². The van der Waals surface area contributed by atoms with Gasteiger partial charge in [-0.15, -0.1) is 0 Å². The summed E-state index contributed by atoms with van der Waals surface area (Å²) in [6, 6.07) is 0. The van der Waals surface area contributed by atoms with E-state index in [1.165, 1.54) is 0 Å². The molecule has 0 spiro atoms. The Balaban J connectivity index is 2.60. The van der Waals surface area contributed by atoms with Crippen molar-refractivity contribution in [3.05, 3.63) is 0 Å². The van der Waals surface area contributed by atoms with Crippen molar-refractivity contribution in [2.24, 2.45) is 10.8 Å². The number of carbonyl (C=O) groups excluding carboxylic acids is 2. The van der Waals surface area contributed by atoms with Crippen LogP contribution in [0.2, 0.25) is 0 Å². The third kappa shape index (κ3) is 0.724. The van der Waals surface area contributed by atoms with E-state index in [9.17, 15) is 9.59 Å². The van der Waals surface area contributed by atoms with Crippen molar-refractivity contribution in [3.8, 4) is 0 Å². The molecule has 2 bridgehead atoms. The van der Waals surface area contributed by atoms with Gasteiger partial charge in [-0.3, -0.25) is 9.59 Å². The van der Waals surface area contributed by atoms with Crippen LogP contribution < -0.4 is 0 Å². The lowest BCUT2D eigenvalue weighted by Crippen LogP contribution is -2.45. The van der Waals surface area contributed by atoms with E-state index in [-0.39, 0.29) is 5.97 Å². The Morgan fingerprint density at radius 1 is 1.36 bits per heavy atom. The van der Waals surface area contributed by atoms with Gasteiger partial charge in [-0.25, -0.2) is 0 Å². The summed E-state index contributed by atoms with van der Waals surface area (Å²) in [6.45, 7) is 5.61. The number of ether oxygens (including phenoxy) is 1. The molecule has 1 saturated carbocycles. The van der Waals surface area contributed by atoms with Crippen molar-refractivity contribution in [2.75, 3.05) is 0 Å². The van der Waals surface area contributed by atoms with Gasteiger partial charge in [-0.2, -0.15) is 0 Å². The highest BCUT2D eigenvalue weighted by atomic mass is 35.5. The van der Waals surface area contributed by atoms with Crippen molar-refractivity contribution in [1.82, 2.24) is 0 Å². The number of rotatable bonds is 1. The largest absolute Gasteiger partial charge is 0.449 e. The van der Waals surface area contributed by atoms with Gasteiger partial charge in [0, 0.05) is 5.41 Å². The molecular formula is C10H13ClO3. The van der Waals surface area contributed by atoms with Crippen LogP contribution in [0.5, 0.6) is 0 Å². The van der Waals surface area contributed by atoms with Crippen LogP contribution in [0, 0.1) is 10.8 Å². The van der Waals surface area contributed by atoms with E-state index < -0.39 is 21.7 Å². The fourth-order valence-corrected chi connectivity index (χ4v) is 3.06. The van der Waals surface area contributed by atoms with Gasteiger partial charge in [0.05, 0.1) is 5.41 Å². The van der Waals surface area contributed by atoms with Gasteiger partial charge in [0.15, 0.2) is 5.60 Å². The molecule has 2 atom stereocenters. The first-order valence-corrected chi connectivity index (χ1v) is 5.09. The Hall–Kier alpha value is -0.570. The van der Waals surface area contributed by atoms with Crippen LogP contribution in [-0.4, -0.2) is 16.8 Å². The minimum Gasteiger partial charge on any atom is -0.449 e. The smallest absolute Gasteiger partial charge is 0.313 e. The Labute approximate surface area is 87.8 Å². The molecule has 0 aromatic heterocycles. The van der Waals surface area contributed by atoms with Gasteiger partial charge in [-0.1, -0.05) is 13.8 Å². The topological polar surface area (TPSA) is 43.4 Å². The summed E-state index contributed by atoms with van der Waals surface area (Å²) in [6.07, 6.45) is 1.22. The number of hydrogen-bond donors (Lipinski definition) is 0. The van der Waals surface area contributed by atoms with Gasteiger partial charge < -0.3 is 4.74 Å². The molecule has 14 heavy (non-hydrogen) atoms. The maximum atomic E-state index is 11.6.